The van der Waals surface area contributed by atoms with Gasteiger partial charge in [0, 0.05) is 18.6 Å². The van der Waals surface area contributed by atoms with Crippen LogP contribution in [-0.4, -0.2) is 54.2 Å². The number of carbonyl (C=O) groups is 1. The van der Waals surface area contributed by atoms with Crippen molar-refractivity contribution in [2.24, 2.45) is 5.73 Å². The SMILES string of the molecule is CCCNC(C)(CC(C)N1CC(C)OCC1CC)C(N)=O. The first kappa shape index (κ1) is 18.4. The molecule has 0 bridgehead atoms. The molecule has 1 saturated heterocycles. The van der Waals surface area contributed by atoms with Crippen molar-refractivity contribution in [2.45, 2.75) is 77.6 Å². The van der Waals surface area contributed by atoms with Crippen molar-refractivity contribution in [3.05, 3.63) is 0 Å². The van der Waals surface area contributed by atoms with Crippen LogP contribution in [0.15, 0.2) is 0 Å². The zero-order valence-electron chi connectivity index (χ0n) is 14.3. The molecule has 0 aromatic carbocycles. The van der Waals surface area contributed by atoms with Gasteiger partial charge in [-0.05, 0) is 46.6 Å². The van der Waals surface area contributed by atoms with Crippen molar-refractivity contribution in [1.82, 2.24) is 10.2 Å². The standard InChI is InChI=1S/C16H33N3O2/c1-6-8-18-16(5,15(17)20)9-12(3)19-10-13(4)21-11-14(19)7-2/h12-14,18H,6-11H2,1-5H3,(H2,17,20). The van der Waals surface area contributed by atoms with Crippen molar-refractivity contribution >= 4 is 5.91 Å². The number of ether oxygens (including phenoxy) is 1. The van der Waals surface area contributed by atoms with Gasteiger partial charge in [0.15, 0.2) is 0 Å². The van der Waals surface area contributed by atoms with Crippen LogP contribution >= 0.6 is 0 Å². The van der Waals surface area contributed by atoms with Crippen molar-refractivity contribution in [3.8, 4) is 0 Å². The summed E-state index contributed by atoms with van der Waals surface area (Å²) in [4.78, 5) is 14.4. The molecule has 5 heteroatoms. The van der Waals surface area contributed by atoms with E-state index in [1.807, 2.05) is 6.92 Å². The summed E-state index contributed by atoms with van der Waals surface area (Å²) in [5, 5.41) is 3.33. The highest BCUT2D eigenvalue weighted by Gasteiger charge is 2.36. The fourth-order valence-corrected chi connectivity index (χ4v) is 3.13. The lowest BCUT2D eigenvalue weighted by atomic mass is 9.90. The fraction of sp³-hybridized carbons (Fsp3) is 0.938. The highest BCUT2D eigenvalue weighted by Crippen LogP contribution is 2.23. The molecule has 124 valence electrons. The van der Waals surface area contributed by atoms with Crippen LogP contribution in [0.5, 0.6) is 0 Å². The normalized spacial score (nSPS) is 28.0. The predicted molar refractivity (Wildman–Crippen MR) is 86.2 cm³/mol. The molecule has 1 rings (SSSR count). The summed E-state index contributed by atoms with van der Waals surface area (Å²) in [6.45, 7) is 13.0. The number of nitrogens with one attached hydrogen (secondary N) is 1. The van der Waals surface area contributed by atoms with E-state index in [0.717, 1.165) is 39.0 Å². The molecule has 4 atom stereocenters. The van der Waals surface area contributed by atoms with Crippen LogP contribution in [0.25, 0.3) is 0 Å². The number of amides is 1. The predicted octanol–water partition coefficient (Wildman–Crippen LogP) is 1.51. The van der Waals surface area contributed by atoms with E-state index in [4.69, 9.17) is 10.5 Å². The zero-order chi connectivity index (χ0) is 16.0. The van der Waals surface area contributed by atoms with Crippen molar-refractivity contribution in [2.75, 3.05) is 19.7 Å². The Morgan fingerprint density at radius 1 is 1.52 bits per heavy atom. The lowest BCUT2D eigenvalue weighted by molar-refractivity contribution is -0.125. The van der Waals surface area contributed by atoms with Crippen LogP contribution in [-0.2, 0) is 9.53 Å². The molecule has 1 heterocycles. The first-order chi connectivity index (χ1) is 9.84. The highest BCUT2D eigenvalue weighted by molar-refractivity contribution is 5.84. The number of nitrogens with two attached hydrogens (primary N) is 1. The molecular formula is C16H33N3O2. The maximum Gasteiger partial charge on any atom is 0.237 e. The van der Waals surface area contributed by atoms with Gasteiger partial charge in [-0.2, -0.15) is 0 Å². The molecule has 1 fully saturated rings. The smallest absolute Gasteiger partial charge is 0.237 e. The molecule has 0 saturated carbocycles. The Bertz CT molecular complexity index is 337. The van der Waals surface area contributed by atoms with Gasteiger partial charge in [0.05, 0.1) is 18.2 Å². The molecule has 4 unspecified atom stereocenters. The topological polar surface area (TPSA) is 67.6 Å². The molecule has 0 aliphatic carbocycles. The molecule has 0 aromatic heterocycles. The first-order valence-electron chi connectivity index (χ1n) is 8.26. The van der Waals surface area contributed by atoms with E-state index in [2.05, 4.69) is 37.9 Å². The van der Waals surface area contributed by atoms with Crippen LogP contribution in [0, 0.1) is 0 Å². The zero-order valence-corrected chi connectivity index (χ0v) is 14.3. The Morgan fingerprint density at radius 3 is 2.71 bits per heavy atom. The van der Waals surface area contributed by atoms with Crippen molar-refractivity contribution < 1.29 is 9.53 Å². The lowest BCUT2D eigenvalue weighted by Crippen LogP contribution is -2.59. The van der Waals surface area contributed by atoms with E-state index >= 15 is 0 Å². The second-order valence-electron chi connectivity index (χ2n) is 6.58. The van der Waals surface area contributed by atoms with Gasteiger partial charge in [0.1, 0.15) is 0 Å². The number of nitrogens with zero attached hydrogens (tertiary/aromatic N) is 1. The van der Waals surface area contributed by atoms with Gasteiger partial charge in [-0.25, -0.2) is 0 Å². The second kappa shape index (κ2) is 8.11. The number of primary amides is 1. The van der Waals surface area contributed by atoms with E-state index < -0.39 is 5.54 Å². The summed E-state index contributed by atoms with van der Waals surface area (Å²) >= 11 is 0. The summed E-state index contributed by atoms with van der Waals surface area (Å²) in [7, 11) is 0. The van der Waals surface area contributed by atoms with E-state index in [1.165, 1.54) is 0 Å². The number of hydrogen-bond acceptors (Lipinski definition) is 4. The molecule has 1 aliphatic rings. The minimum absolute atomic E-state index is 0.249. The fourth-order valence-electron chi connectivity index (χ4n) is 3.13. The van der Waals surface area contributed by atoms with E-state index in [0.29, 0.717) is 12.1 Å². The van der Waals surface area contributed by atoms with Crippen molar-refractivity contribution in [1.29, 1.82) is 0 Å². The van der Waals surface area contributed by atoms with Gasteiger partial charge in [-0.1, -0.05) is 13.8 Å². The monoisotopic (exact) mass is 299 g/mol. The summed E-state index contributed by atoms with van der Waals surface area (Å²) in [5.74, 6) is -0.267. The number of hydrogen-bond donors (Lipinski definition) is 2. The Labute approximate surface area is 129 Å². The van der Waals surface area contributed by atoms with Gasteiger partial charge < -0.3 is 15.8 Å². The van der Waals surface area contributed by atoms with E-state index in [1.54, 1.807) is 0 Å². The quantitative estimate of drug-likeness (QED) is 0.713. The van der Waals surface area contributed by atoms with E-state index in [-0.39, 0.29) is 12.0 Å². The average molecular weight is 299 g/mol. The van der Waals surface area contributed by atoms with Gasteiger partial charge in [-0.15, -0.1) is 0 Å². The second-order valence-corrected chi connectivity index (χ2v) is 6.58. The number of rotatable bonds is 8. The molecule has 21 heavy (non-hydrogen) atoms. The van der Waals surface area contributed by atoms with Gasteiger partial charge >= 0.3 is 0 Å². The number of carbonyl (C=O) groups excluding carboxylic acids is 1. The average Bonchev–Trinajstić information content (AvgIpc) is 2.44. The first-order valence-corrected chi connectivity index (χ1v) is 8.26. The lowest BCUT2D eigenvalue weighted by Gasteiger charge is -2.44. The Balaban J connectivity index is 2.74. The van der Waals surface area contributed by atoms with Crippen LogP contribution in [0.1, 0.15) is 53.9 Å². The minimum atomic E-state index is -0.644. The molecule has 3 N–H and O–H groups in total. The Kier molecular flexibility index (Phi) is 7.10. The summed E-state index contributed by atoms with van der Waals surface area (Å²) in [5.41, 5.74) is 5.00. The van der Waals surface area contributed by atoms with Crippen LogP contribution in [0.4, 0.5) is 0 Å². The van der Waals surface area contributed by atoms with Crippen LogP contribution in [0.2, 0.25) is 0 Å². The number of morpholine rings is 1. The summed E-state index contributed by atoms with van der Waals surface area (Å²) < 4.78 is 5.76. The third-order valence-corrected chi connectivity index (χ3v) is 4.56. The molecule has 0 aromatic rings. The largest absolute Gasteiger partial charge is 0.376 e. The van der Waals surface area contributed by atoms with Gasteiger partial charge in [0.2, 0.25) is 5.91 Å². The molecule has 0 radical (unpaired) electrons. The minimum Gasteiger partial charge on any atom is -0.376 e. The van der Waals surface area contributed by atoms with Crippen LogP contribution in [0.3, 0.4) is 0 Å². The molecular weight excluding hydrogens is 266 g/mol. The van der Waals surface area contributed by atoms with Crippen LogP contribution < -0.4 is 11.1 Å². The van der Waals surface area contributed by atoms with Gasteiger partial charge in [0.25, 0.3) is 0 Å². The molecule has 1 amide bonds. The van der Waals surface area contributed by atoms with E-state index in [9.17, 15) is 4.79 Å². The molecule has 5 nitrogen and oxygen atoms in total. The summed E-state index contributed by atoms with van der Waals surface area (Å²) in [6.07, 6.45) is 3.03. The maximum absolute atomic E-state index is 11.9. The molecule has 1 aliphatic heterocycles. The summed E-state index contributed by atoms with van der Waals surface area (Å²) in [6, 6.07) is 0.725. The third kappa shape index (κ3) is 4.94. The highest BCUT2D eigenvalue weighted by atomic mass is 16.5. The Morgan fingerprint density at radius 2 is 2.19 bits per heavy atom. The van der Waals surface area contributed by atoms with Crippen molar-refractivity contribution in [3.63, 3.8) is 0 Å². The molecule has 0 spiro atoms. The van der Waals surface area contributed by atoms with Gasteiger partial charge in [-0.3, -0.25) is 9.69 Å². The maximum atomic E-state index is 11.9. The Hall–Kier alpha value is -0.650. The third-order valence-electron chi connectivity index (χ3n) is 4.56.